The zero-order chi connectivity index (χ0) is 8.84. The molecule has 3 nitrogen and oxygen atoms in total. The van der Waals surface area contributed by atoms with Gasteiger partial charge in [-0.15, -0.1) is 0 Å². The molecule has 0 aliphatic heterocycles. The van der Waals surface area contributed by atoms with Gasteiger partial charge in [0.25, 0.3) is 0 Å². The van der Waals surface area contributed by atoms with Crippen LogP contribution in [0.1, 0.15) is 0 Å². The fraction of sp³-hybridized carbons (Fsp3) is 0. The van der Waals surface area contributed by atoms with Crippen LogP contribution in [0, 0.1) is 0 Å². The summed E-state index contributed by atoms with van der Waals surface area (Å²) in [6, 6.07) is 5.46. The Morgan fingerprint density at radius 2 is 2.00 bits per heavy atom. The van der Waals surface area contributed by atoms with Crippen molar-refractivity contribution in [2.45, 2.75) is 0 Å². The fourth-order valence-corrected chi connectivity index (χ4v) is 1.47. The average Bonchev–Trinajstić information content (AvgIpc) is 2.70. The van der Waals surface area contributed by atoms with Crippen molar-refractivity contribution in [3.63, 3.8) is 0 Å². The molecule has 0 bridgehead atoms. The molecule has 3 aromatic rings. The number of fused-ring (bicyclic) bond motifs is 2. The summed E-state index contributed by atoms with van der Waals surface area (Å²) in [6.45, 7) is 0. The fourth-order valence-electron chi connectivity index (χ4n) is 1.47. The maximum absolute atomic E-state index is 9.37. The van der Waals surface area contributed by atoms with Gasteiger partial charge in [0, 0.05) is 5.39 Å². The van der Waals surface area contributed by atoms with Gasteiger partial charge in [-0.05, 0) is 18.2 Å². The summed E-state index contributed by atoms with van der Waals surface area (Å²) in [5, 5.41) is 11.0. The summed E-state index contributed by atoms with van der Waals surface area (Å²) in [5.74, 6) is 0.147. The Morgan fingerprint density at radius 1 is 1.08 bits per heavy atom. The molecule has 2 heterocycles. The van der Waals surface area contributed by atoms with E-state index in [-0.39, 0.29) is 5.75 Å². The first-order valence-electron chi connectivity index (χ1n) is 3.92. The summed E-state index contributed by atoms with van der Waals surface area (Å²) >= 11 is 0. The minimum absolute atomic E-state index is 0.147. The van der Waals surface area contributed by atoms with Gasteiger partial charge in [0.2, 0.25) is 0 Å². The highest BCUT2D eigenvalue weighted by Crippen LogP contribution is 2.30. The molecule has 64 valence electrons. The number of benzene rings is 1. The number of aromatic hydroxyl groups is 1. The summed E-state index contributed by atoms with van der Waals surface area (Å²) in [7, 11) is 0. The molecule has 0 radical (unpaired) electrons. The summed E-state index contributed by atoms with van der Waals surface area (Å²) in [5.41, 5.74) is 1.43. The summed E-state index contributed by atoms with van der Waals surface area (Å²) in [6.07, 6.45) is 2.93. The smallest absolute Gasteiger partial charge is 0.161 e. The van der Waals surface area contributed by atoms with Gasteiger partial charge in [0.15, 0.2) is 5.75 Å². The van der Waals surface area contributed by atoms with E-state index in [0.717, 1.165) is 11.0 Å². The van der Waals surface area contributed by atoms with Gasteiger partial charge in [-0.3, -0.25) is 0 Å². The minimum Gasteiger partial charge on any atom is -0.504 e. The highest BCUT2D eigenvalue weighted by molar-refractivity contribution is 5.96. The Labute approximate surface area is 73.2 Å². The number of hydrogen-bond acceptors (Lipinski definition) is 3. The lowest BCUT2D eigenvalue weighted by Crippen LogP contribution is -1.65. The van der Waals surface area contributed by atoms with E-state index in [0.29, 0.717) is 11.0 Å². The van der Waals surface area contributed by atoms with E-state index in [4.69, 9.17) is 8.83 Å². The van der Waals surface area contributed by atoms with Crippen molar-refractivity contribution in [1.82, 2.24) is 0 Å². The van der Waals surface area contributed by atoms with Crippen molar-refractivity contribution in [2.75, 3.05) is 0 Å². The van der Waals surface area contributed by atoms with E-state index in [1.54, 1.807) is 12.3 Å². The molecule has 0 unspecified atom stereocenters. The number of furan rings is 2. The maximum Gasteiger partial charge on any atom is 0.161 e. The Kier molecular flexibility index (Phi) is 1.05. The lowest BCUT2D eigenvalue weighted by Gasteiger charge is -1.89. The third kappa shape index (κ3) is 0.783. The molecular formula is C10H6O3. The molecule has 0 spiro atoms. The van der Waals surface area contributed by atoms with E-state index in [1.807, 2.05) is 12.1 Å². The molecule has 0 fully saturated rings. The van der Waals surface area contributed by atoms with Crippen LogP contribution in [-0.4, -0.2) is 5.11 Å². The molecule has 0 aliphatic carbocycles. The molecule has 3 heteroatoms. The van der Waals surface area contributed by atoms with Crippen LogP contribution in [-0.2, 0) is 0 Å². The normalized spacial score (nSPS) is 11.4. The molecule has 13 heavy (non-hydrogen) atoms. The van der Waals surface area contributed by atoms with E-state index < -0.39 is 0 Å². The van der Waals surface area contributed by atoms with Crippen LogP contribution in [0.15, 0.2) is 39.6 Å². The molecule has 0 amide bonds. The van der Waals surface area contributed by atoms with Crippen LogP contribution in [0.5, 0.6) is 5.75 Å². The van der Waals surface area contributed by atoms with Crippen LogP contribution in [0.2, 0.25) is 0 Å². The SMILES string of the molecule is Oc1coc2cc3ccoc3cc12. The third-order valence-electron chi connectivity index (χ3n) is 2.13. The molecule has 2 aromatic heterocycles. The summed E-state index contributed by atoms with van der Waals surface area (Å²) in [4.78, 5) is 0. The van der Waals surface area contributed by atoms with Crippen molar-refractivity contribution in [3.8, 4) is 5.75 Å². The molecule has 0 saturated carbocycles. The van der Waals surface area contributed by atoms with E-state index in [1.165, 1.54) is 6.26 Å². The van der Waals surface area contributed by atoms with Crippen molar-refractivity contribution < 1.29 is 13.9 Å². The van der Waals surface area contributed by atoms with Crippen LogP contribution < -0.4 is 0 Å². The molecule has 0 atom stereocenters. The highest BCUT2D eigenvalue weighted by Gasteiger charge is 2.06. The van der Waals surface area contributed by atoms with Crippen molar-refractivity contribution in [3.05, 3.63) is 30.7 Å². The number of rotatable bonds is 0. The van der Waals surface area contributed by atoms with Crippen molar-refractivity contribution in [1.29, 1.82) is 0 Å². The van der Waals surface area contributed by atoms with Gasteiger partial charge in [-0.1, -0.05) is 0 Å². The predicted octanol–water partition coefficient (Wildman–Crippen LogP) is 2.88. The molecule has 1 N–H and O–H groups in total. The Balaban J connectivity index is 2.59. The molecule has 1 aromatic carbocycles. The third-order valence-corrected chi connectivity index (χ3v) is 2.13. The maximum atomic E-state index is 9.37. The zero-order valence-electron chi connectivity index (χ0n) is 6.65. The first-order chi connectivity index (χ1) is 6.34. The average molecular weight is 174 g/mol. The Hall–Kier alpha value is -1.90. The van der Waals surface area contributed by atoms with Gasteiger partial charge in [0.05, 0.1) is 11.6 Å². The lowest BCUT2D eigenvalue weighted by molar-refractivity contribution is 0.464. The van der Waals surface area contributed by atoms with Gasteiger partial charge < -0.3 is 13.9 Å². The Morgan fingerprint density at radius 3 is 2.92 bits per heavy atom. The second kappa shape index (κ2) is 2.07. The van der Waals surface area contributed by atoms with Crippen LogP contribution in [0.25, 0.3) is 21.9 Å². The number of hydrogen-bond donors (Lipinski definition) is 1. The molecule has 0 saturated heterocycles. The highest BCUT2D eigenvalue weighted by atomic mass is 16.4. The second-order valence-electron chi connectivity index (χ2n) is 2.93. The van der Waals surface area contributed by atoms with Gasteiger partial charge in [-0.2, -0.15) is 0 Å². The molecule has 3 rings (SSSR count). The first-order valence-corrected chi connectivity index (χ1v) is 3.92. The zero-order valence-corrected chi connectivity index (χ0v) is 6.65. The topological polar surface area (TPSA) is 46.5 Å². The second-order valence-corrected chi connectivity index (χ2v) is 2.93. The first kappa shape index (κ1) is 6.60. The van der Waals surface area contributed by atoms with Crippen molar-refractivity contribution in [2.24, 2.45) is 0 Å². The van der Waals surface area contributed by atoms with E-state index in [2.05, 4.69) is 0 Å². The van der Waals surface area contributed by atoms with Crippen LogP contribution >= 0.6 is 0 Å². The van der Waals surface area contributed by atoms with E-state index >= 15 is 0 Å². The van der Waals surface area contributed by atoms with Gasteiger partial charge >= 0.3 is 0 Å². The van der Waals surface area contributed by atoms with Crippen LogP contribution in [0.4, 0.5) is 0 Å². The molecule has 0 aliphatic rings. The predicted molar refractivity (Wildman–Crippen MR) is 47.7 cm³/mol. The minimum atomic E-state index is 0.147. The monoisotopic (exact) mass is 174 g/mol. The summed E-state index contributed by atoms with van der Waals surface area (Å²) < 4.78 is 10.3. The van der Waals surface area contributed by atoms with Crippen molar-refractivity contribution >= 4 is 21.9 Å². The van der Waals surface area contributed by atoms with E-state index in [9.17, 15) is 5.11 Å². The van der Waals surface area contributed by atoms with Gasteiger partial charge in [0.1, 0.15) is 17.4 Å². The molecular weight excluding hydrogens is 168 g/mol. The lowest BCUT2D eigenvalue weighted by atomic mass is 10.2. The largest absolute Gasteiger partial charge is 0.504 e. The Bertz CT molecular complexity index is 574. The van der Waals surface area contributed by atoms with Crippen LogP contribution in [0.3, 0.4) is 0 Å². The van der Waals surface area contributed by atoms with Gasteiger partial charge in [-0.25, -0.2) is 0 Å². The standard InChI is InChI=1S/C10H6O3/c11-8-5-13-10-3-6-1-2-12-9(6)4-7(8)10/h1-5,11H. The quantitative estimate of drug-likeness (QED) is 0.570.